The maximum Gasteiger partial charge on any atom is 0.337 e. The Bertz CT molecular complexity index is 958. The van der Waals surface area contributed by atoms with E-state index in [1.165, 1.54) is 23.8 Å². The van der Waals surface area contributed by atoms with Crippen molar-refractivity contribution in [1.29, 1.82) is 0 Å². The molecule has 5 rings (SSSR count). The van der Waals surface area contributed by atoms with Crippen molar-refractivity contribution in [2.45, 2.75) is 31.9 Å². The third kappa shape index (κ3) is 2.46. The number of hydrogen-bond acceptors (Lipinski definition) is 5. The van der Waals surface area contributed by atoms with Crippen LogP contribution < -0.4 is 0 Å². The summed E-state index contributed by atoms with van der Waals surface area (Å²) in [6.07, 6.45) is 3.55. The smallest absolute Gasteiger partial charge is 0.337 e. The van der Waals surface area contributed by atoms with E-state index in [1.54, 1.807) is 18.4 Å². The summed E-state index contributed by atoms with van der Waals surface area (Å²) in [6, 6.07) is 5.78. The van der Waals surface area contributed by atoms with E-state index in [0.717, 1.165) is 31.4 Å². The average Bonchev–Trinajstić information content (AvgIpc) is 3.04. The van der Waals surface area contributed by atoms with Crippen molar-refractivity contribution in [3.05, 3.63) is 41.3 Å². The Labute approximate surface area is 160 Å². The Kier molecular flexibility index (Phi) is 3.72. The number of methoxy groups -OCH3 is 1. The number of esters is 1. The van der Waals surface area contributed by atoms with E-state index in [-0.39, 0.29) is 38.6 Å². The van der Waals surface area contributed by atoms with E-state index in [4.69, 9.17) is 9.47 Å². The molecule has 146 valence electrons. The first-order chi connectivity index (χ1) is 13.1. The van der Waals surface area contributed by atoms with Crippen LogP contribution in [0.25, 0.3) is 10.9 Å². The molecule has 0 aliphatic carbocycles. The number of ether oxygens (including phenoxy) is 2. The minimum Gasteiger partial charge on any atom is -0.508 e. The van der Waals surface area contributed by atoms with Crippen molar-refractivity contribution in [3.8, 4) is 5.75 Å². The van der Waals surface area contributed by atoms with Gasteiger partial charge in [-0.25, -0.2) is 4.79 Å². The zero-order valence-electron chi connectivity index (χ0n) is 15.6. The van der Waals surface area contributed by atoms with Gasteiger partial charge in [-0.3, -0.25) is 4.90 Å². The molecule has 0 bridgehead atoms. The minimum absolute atomic E-state index is 0. The van der Waals surface area contributed by atoms with Crippen LogP contribution in [0.3, 0.4) is 0 Å². The van der Waals surface area contributed by atoms with E-state index in [0.29, 0.717) is 5.57 Å². The molecule has 6 nitrogen and oxygen atoms in total. The number of nitrogens with one attached hydrogen (secondary N) is 1. The number of phenolic OH excluding ortho intramolecular Hbond substituents is 1. The summed E-state index contributed by atoms with van der Waals surface area (Å²) >= 11 is 0. The topological polar surface area (TPSA) is 74.8 Å². The second-order valence-electron chi connectivity index (χ2n) is 7.92. The van der Waals surface area contributed by atoms with Gasteiger partial charge in [0.1, 0.15) is 5.75 Å². The highest BCUT2D eigenvalue weighted by atomic mass is 16.5. The first-order valence-electron chi connectivity index (χ1n) is 9.58. The van der Waals surface area contributed by atoms with Gasteiger partial charge in [-0.15, -0.1) is 0 Å². The second-order valence-corrected chi connectivity index (χ2v) is 7.92. The largest absolute Gasteiger partial charge is 0.508 e. The summed E-state index contributed by atoms with van der Waals surface area (Å²) in [5, 5.41) is 11.0. The average molecular weight is 372 g/mol. The number of phenols is 1. The first kappa shape index (κ1) is 16.7. The molecular formula is C21H28N2O4. The third-order valence-corrected chi connectivity index (χ3v) is 6.62. The van der Waals surface area contributed by atoms with Gasteiger partial charge in [0.2, 0.25) is 0 Å². The van der Waals surface area contributed by atoms with Crippen molar-refractivity contribution in [2.75, 3.05) is 20.2 Å². The maximum atomic E-state index is 12.3. The lowest BCUT2D eigenvalue weighted by Crippen LogP contribution is -2.51. The number of aromatic nitrogens is 1. The number of aromatic hydroxyl groups is 1. The number of fused-ring (bicyclic) bond motifs is 6. The molecule has 0 amide bonds. The summed E-state index contributed by atoms with van der Waals surface area (Å²) in [4.78, 5) is 18.4. The molecule has 2 aromatic rings. The summed E-state index contributed by atoms with van der Waals surface area (Å²) in [7, 11) is 1.42. The van der Waals surface area contributed by atoms with Crippen LogP contribution in [0.5, 0.6) is 5.75 Å². The monoisotopic (exact) mass is 372 g/mol. The van der Waals surface area contributed by atoms with Crippen LogP contribution in [0.15, 0.2) is 30.0 Å². The van der Waals surface area contributed by atoms with Crippen LogP contribution in [-0.4, -0.2) is 47.3 Å². The number of carbonyl (C=O) groups excluding carboxylic acids is 1. The van der Waals surface area contributed by atoms with Gasteiger partial charge in [0, 0.05) is 50.4 Å². The lowest BCUT2D eigenvalue weighted by atomic mass is 9.72. The lowest BCUT2D eigenvalue weighted by molar-refractivity contribution is -0.139. The molecule has 1 aromatic carbocycles. The Morgan fingerprint density at radius 2 is 2.30 bits per heavy atom. The number of H-pyrrole nitrogens is 1. The molecule has 6 heteroatoms. The molecule has 4 heterocycles. The molecule has 4 atom stereocenters. The molecule has 0 radical (unpaired) electrons. The van der Waals surface area contributed by atoms with Gasteiger partial charge in [-0.2, -0.15) is 0 Å². The zero-order valence-corrected chi connectivity index (χ0v) is 15.6. The van der Waals surface area contributed by atoms with Gasteiger partial charge in [0.25, 0.3) is 0 Å². The fourth-order valence-electron chi connectivity index (χ4n) is 5.23. The van der Waals surface area contributed by atoms with Crippen LogP contribution in [0.4, 0.5) is 0 Å². The molecule has 1 fully saturated rings. The fraction of sp³-hybridized carbons (Fsp3) is 0.476. The molecule has 0 spiro atoms. The number of benzene rings is 1. The number of carbonyl (C=O) groups is 1. The number of rotatable bonds is 1. The van der Waals surface area contributed by atoms with E-state index >= 15 is 0 Å². The fourth-order valence-corrected chi connectivity index (χ4v) is 5.23. The lowest BCUT2D eigenvalue weighted by Gasteiger charge is -2.49. The number of hydrogen-bond donors (Lipinski definition) is 2. The highest BCUT2D eigenvalue weighted by Gasteiger charge is 2.46. The van der Waals surface area contributed by atoms with Crippen molar-refractivity contribution >= 4 is 16.9 Å². The molecule has 27 heavy (non-hydrogen) atoms. The molecule has 2 N–H and O–H groups in total. The van der Waals surface area contributed by atoms with Gasteiger partial charge >= 0.3 is 5.97 Å². The van der Waals surface area contributed by atoms with Gasteiger partial charge in [0.15, 0.2) is 0 Å². The molecule has 2 unspecified atom stereocenters. The second kappa shape index (κ2) is 6.02. The first-order valence-corrected chi connectivity index (χ1v) is 9.58. The SMILES string of the molecule is COC(=O)C1=CO[C@@H](C)C2CN3CCc4c([nH]c5cc(O)ccc45)[C@H]3CC12.[HH].[HH]. The summed E-state index contributed by atoms with van der Waals surface area (Å²) < 4.78 is 10.8. The standard InChI is InChI=1S/C21H24N2O4.2H2/c1-11-16-9-23-6-5-14-13-4-3-12(24)7-18(13)22-20(14)19(23)8-15(16)17(10-27-11)21(25)26-2;;/h3-4,7,10-11,15-16,19,22,24H,5-6,8-9H2,1-2H3;2*1H/t11-,15?,16?,19+;;/m0../s1. The Hall–Kier alpha value is -2.47. The van der Waals surface area contributed by atoms with Crippen molar-refractivity contribution in [2.24, 2.45) is 11.8 Å². The minimum atomic E-state index is -0.289. The molecule has 0 saturated carbocycles. The molecule has 3 aliphatic heterocycles. The third-order valence-electron chi connectivity index (χ3n) is 6.62. The summed E-state index contributed by atoms with van der Waals surface area (Å²) in [5.41, 5.74) is 4.20. The summed E-state index contributed by atoms with van der Waals surface area (Å²) in [6.45, 7) is 3.99. The van der Waals surface area contributed by atoms with Crippen LogP contribution >= 0.6 is 0 Å². The predicted octanol–water partition coefficient (Wildman–Crippen LogP) is 3.38. The van der Waals surface area contributed by atoms with Crippen LogP contribution in [0.1, 0.15) is 33.5 Å². The number of aromatic amines is 1. The molecular weight excluding hydrogens is 344 g/mol. The van der Waals surface area contributed by atoms with Gasteiger partial charge < -0.3 is 19.6 Å². The Balaban J connectivity index is 0.00000120. The predicted molar refractivity (Wildman–Crippen MR) is 104 cm³/mol. The Morgan fingerprint density at radius 3 is 3.11 bits per heavy atom. The van der Waals surface area contributed by atoms with E-state index < -0.39 is 0 Å². The number of piperidine rings is 1. The number of nitrogens with zero attached hydrogens (tertiary/aromatic N) is 1. The normalized spacial score (nSPS) is 29.9. The highest BCUT2D eigenvalue weighted by molar-refractivity contribution is 5.89. The van der Waals surface area contributed by atoms with Crippen molar-refractivity contribution in [1.82, 2.24) is 9.88 Å². The summed E-state index contributed by atoms with van der Waals surface area (Å²) in [5.74, 6) is 0.405. The van der Waals surface area contributed by atoms with E-state index in [2.05, 4.69) is 16.8 Å². The molecule has 3 aliphatic rings. The van der Waals surface area contributed by atoms with Gasteiger partial charge in [-0.1, -0.05) is 0 Å². The van der Waals surface area contributed by atoms with Gasteiger partial charge in [-0.05, 0) is 37.5 Å². The highest BCUT2D eigenvalue weighted by Crippen LogP contribution is 2.47. The van der Waals surface area contributed by atoms with E-state index in [9.17, 15) is 9.90 Å². The van der Waals surface area contributed by atoms with Crippen LogP contribution in [0.2, 0.25) is 0 Å². The zero-order chi connectivity index (χ0) is 18.7. The van der Waals surface area contributed by atoms with Crippen molar-refractivity contribution < 1.29 is 22.2 Å². The van der Waals surface area contributed by atoms with E-state index in [1.807, 2.05) is 6.07 Å². The molecule has 1 saturated heterocycles. The Morgan fingerprint density at radius 1 is 1.44 bits per heavy atom. The van der Waals surface area contributed by atoms with Crippen molar-refractivity contribution in [3.63, 3.8) is 0 Å². The van der Waals surface area contributed by atoms with Gasteiger partial charge in [0.05, 0.1) is 31.1 Å². The maximum absolute atomic E-state index is 12.3. The van der Waals surface area contributed by atoms with Crippen LogP contribution in [0, 0.1) is 11.8 Å². The molecule has 1 aromatic heterocycles. The van der Waals surface area contributed by atoms with Crippen LogP contribution in [-0.2, 0) is 20.7 Å². The quantitative estimate of drug-likeness (QED) is 0.751.